The first-order chi connectivity index (χ1) is 16.9. The lowest BCUT2D eigenvalue weighted by Gasteiger charge is -2.30. The zero-order chi connectivity index (χ0) is 25.4. The summed E-state index contributed by atoms with van der Waals surface area (Å²) in [5, 5.41) is 3.66. The Morgan fingerprint density at radius 1 is 1.14 bits per heavy atom. The summed E-state index contributed by atoms with van der Waals surface area (Å²) in [6, 6.07) is 7.85. The van der Waals surface area contributed by atoms with E-state index in [1.165, 1.54) is 12.4 Å². The van der Waals surface area contributed by atoms with E-state index in [-0.39, 0.29) is 22.7 Å². The third-order valence-electron chi connectivity index (χ3n) is 5.84. The van der Waals surface area contributed by atoms with Crippen LogP contribution in [0, 0.1) is 11.7 Å². The maximum Gasteiger partial charge on any atom is 0.165 e. The van der Waals surface area contributed by atoms with E-state index in [4.69, 9.17) is 26.8 Å². The van der Waals surface area contributed by atoms with Crippen molar-refractivity contribution in [3.8, 4) is 11.5 Å². The fourth-order valence-corrected chi connectivity index (χ4v) is 4.20. The van der Waals surface area contributed by atoms with Crippen molar-refractivity contribution in [2.75, 3.05) is 26.6 Å². The number of fused-ring (bicyclic) bond motifs is 1. The first-order valence-corrected chi connectivity index (χ1v) is 11.6. The summed E-state index contributed by atoms with van der Waals surface area (Å²) in [6.07, 6.45) is 5.41. The SMILES string of the molecule is COC.COc1cc2ncnc(Nc3cccc(Cl)c3F)c2cc1OC1CCC(C(N)C=O)CC1. The molecule has 1 heterocycles. The molecule has 1 saturated carbocycles. The molecule has 0 radical (unpaired) electrons. The van der Waals surface area contributed by atoms with Gasteiger partial charge in [-0.15, -0.1) is 0 Å². The number of hydrogen-bond acceptors (Lipinski definition) is 8. The van der Waals surface area contributed by atoms with Crippen LogP contribution in [-0.2, 0) is 9.53 Å². The number of benzene rings is 2. The largest absolute Gasteiger partial charge is 0.493 e. The Morgan fingerprint density at radius 2 is 1.86 bits per heavy atom. The summed E-state index contributed by atoms with van der Waals surface area (Å²) in [7, 11) is 4.82. The Labute approximate surface area is 208 Å². The number of methoxy groups -OCH3 is 2. The molecule has 1 aliphatic carbocycles. The molecule has 3 N–H and O–H groups in total. The van der Waals surface area contributed by atoms with Crippen molar-refractivity contribution >= 4 is 40.3 Å². The highest BCUT2D eigenvalue weighted by Gasteiger charge is 2.27. The van der Waals surface area contributed by atoms with Crippen LogP contribution in [0.15, 0.2) is 36.7 Å². The van der Waals surface area contributed by atoms with Gasteiger partial charge in [-0.3, -0.25) is 0 Å². The number of aldehydes is 1. The van der Waals surface area contributed by atoms with Crippen molar-refractivity contribution in [3.05, 3.63) is 47.5 Å². The van der Waals surface area contributed by atoms with Gasteiger partial charge in [0.1, 0.15) is 18.4 Å². The number of aromatic nitrogens is 2. The van der Waals surface area contributed by atoms with E-state index >= 15 is 0 Å². The minimum absolute atomic E-state index is 0.0175. The van der Waals surface area contributed by atoms with E-state index in [2.05, 4.69) is 20.0 Å². The number of hydrogen-bond donors (Lipinski definition) is 2. The molecule has 0 spiro atoms. The van der Waals surface area contributed by atoms with Crippen LogP contribution in [0.3, 0.4) is 0 Å². The molecule has 188 valence electrons. The summed E-state index contributed by atoms with van der Waals surface area (Å²) in [6.45, 7) is 0. The van der Waals surface area contributed by atoms with E-state index < -0.39 is 11.9 Å². The number of rotatable bonds is 7. The van der Waals surface area contributed by atoms with Crippen molar-refractivity contribution in [1.29, 1.82) is 0 Å². The van der Waals surface area contributed by atoms with E-state index in [0.717, 1.165) is 32.0 Å². The van der Waals surface area contributed by atoms with Crippen LogP contribution in [0.2, 0.25) is 5.02 Å². The predicted octanol–water partition coefficient (Wildman–Crippen LogP) is 4.90. The fraction of sp³-hybridized carbons (Fsp3) is 0.400. The predicted molar refractivity (Wildman–Crippen MR) is 134 cm³/mol. The quantitative estimate of drug-likeness (QED) is 0.437. The number of anilines is 2. The number of nitrogens with two attached hydrogens (primary N) is 1. The molecule has 0 saturated heterocycles. The molecule has 35 heavy (non-hydrogen) atoms. The topological polar surface area (TPSA) is 109 Å². The standard InChI is InChI=1S/C23H24ClFN4O3.C2H6O/c1-31-20-10-19-15(9-21(20)32-14-7-5-13(6-8-14)17(26)11-30)23(28-12-27-19)29-18-4-2-3-16(24)22(18)25;1-3-2/h2-4,9-14,17H,5-8,26H2,1H3,(H,27,28,29);1-2H3. The van der Waals surface area contributed by atoms with Crippen molar-refractivity contribution in [2.24, 2.45) is 11.7 Å². The molecule has 2 aromatic carbocycles. The van der Waals surface area contributed by atoms with Gasteiger partial charge in [-0.2, -0.15) is 0 Å². The van der Waals surface area contributed by atoms with Crippen LogP contribution in [-0.4, -0.2) is 49.7 Å². The van der Waals surface area contributed by atoms with E-state index in [0.29, 0.717) is 28.2 Å². The molecule has 3 aromatic rings. The van der Waals surface area contributed by atoms with Crippen LogP contribution in [0.25, 0.3) is 10.9 Å². The lowest BCUT2D eigenvalue weighted by atomic mass is 9.83. The van der Waals surface area contributed by atoms with Gasteiger partial charge in [0.15, 0.2) is 17.3 Å². The summed E-state index contributed by atoms with van der Waals surface area (Å²) in [5.41, 5.74) is 6.70. The highest BCUT2D eigenvalue weighted by molar-refractivity contribution is 6.31. The summed E-state index contributed by atoms with van der Waals surface area (Å²) in [4.78, 5) is 19.6. The van der Waals surface area contributed by atoms with Gasteiger partial charge in [-0.05, 0) is 49.8 Å². The monoisotopic (exact) mass is 504 g/mol. The normalized spacial score (nSPS) is 18.2. The highest BCUT2D eigenvalue weighted by Crippen LogP contribution is 2.38. The van der Waals surface area contributed by atoms with Crippen LogP contribution in [0.1, 0.15) is 25.7 Å². The number of carbonyl (C=O) groups excluding carboxylic acids is 1. The van der Waals surface area contributed by atoms with Gasteiger partial charge in [0.25, 0.3) is 0 Å². The maximum atomic E-state index is 14.4. The van der Waals surface area contributed by atoms with Gasteiger partial charge in [0.05, 0.1) is 35.5 Å². The van der Waals surface area contributed by atoms with Gasteiger partial charge in [-0.1, -0.05) is 17.7 Å². The highest BCUT2D eigenvalue weighted by atomic mass is 35.5. The van der Waals surface area contributed by atoms with Crippen molar-refractivity contribution in [3.63, 3.8) is 0 Å². The van der Waals surface area contributed by atoms with Gasteiger partial charge in [0, 0.05) is 25.7 Å². The second-order valence-electron chi connectivity index (χ2n) is 8.25. The third kappa shape index (κ3) is 6.56. The fourth-order valence-electron chi connectivity index (χ4n) is 4.03. The van der Waals surface area contributed by atoms with Gasteiger partial charge in [-0.25, -0.2) is 14.4 Å². The third-order valence-corrected chi connectivity index (χ3v) is 6.13. The minimum atomic E-state index is -0.559. The molecule has 1 atom stereocenters. The molecule has 10 heteroatoms. The Bertz CT molecular complexity index is 1140. The zero-order valence-corrected chi connectivity index (χ0v) is 20.7. The number of nitrogens with one attached hydrogen (secondary N) is 1. The number of ether oxygens (including phenoxy) is 3. The zero-order valence-electron chi connectivity index (χ0n) is 20.0. The Kier molecular flexibility index (Phi) is 9.59. The lowest BCUT2D eigenvalue weighted by Crippen LogP contribution is -2.36. The average molecular weight is 505 g/mol. The smallest absolute Gasteiger partial charge is 0.165 e. The molecule has 1 fully saturated rings. The maximum absolute atomic E-state index is 14.4. The van der Waals surface area contributed by atoms with E-state index in [9.17, 15) is 9.18 Å². The molecule has 1 aromatic heterocycles. The molecule has 1 aliphatic rings. The van der Waals surface area contributed by atoms with Crippen molar-refractivity contribution < 1.29 is 23.4 Å². The molecule has 4 rings (SSSR count). The molecular weight excluding hydrogens is 475 g/mol. The second-order valence-corrected chi connectivity index (χ2v) is 8.65. The molecule has 0 amide bonds. The average Bonchev–Trinajstić information content (AvgIpc) is 2.87. The minimum Gasteiger partial charge on any atom is -0.493 e. The number of nitrogens with zero attached hydrogens (tertiary/aromatic N) is 2. The van der Waals surface area contributed by atoms with Crippen molar-refractivity contribution in [1.82, 2.24) is 9.97 Å². The van der Waals surface area contributed by atoms with Gasteiger partial charge < -0.3 is 30.1 Å². The van der Waals surface area contributed by atoms with Crippen LogP contribution in [0.5, 0.6) is 11.5 Å². The van der Waals surface area contributed by atoms with Crippen LogP contribution >= 0.6 is 11.6 Å². The summed E-state index contributed by atoms with van der Waals surface area (Å²) in [5.74, 6) is 1.14. The Balaban J connectivity index is 0.00000108. The Hall–Kier alpha value is -3.01. The molecule has 0 bridgehead atoms. The van der Waals surface area contributed by atoms with Gasteiger partial charge in [0.2, 0.25) is 0 Å². The second kappa shape index (κ2) is 12.6. The van der Waals surface area contributed by atoms with Crippen molar-refractivity contribution in [2.45, 2.75) is 37.8 Å². The first-order valence-electron chi connectivity index (χ1n) is 11.2. The first kappa shape index (κ1) is 26.6. The number of carbonyl (C=O) groups is 1. The van der Waals surface area contributed by atoms with Crippen LogP contribution in [0.4, 0.5) is 15.9 Å². The van der Waals surface area contributed by atoms with E-state index in [1.54, 1.807) is 45.6 Å². The molecule has 8 nitrogen and oxygen atoms in total. The summed E-state index contributed by atoms with van der Waals surface area (Å²) < 4.78 is 30.4. The lowest BCUT2D eigenvalue weighted by molar-refractivity contribution is -0.110. The molecule has 0 aliphatic heterocycles. The van der Waals surface area contributed by atoms with E-state index in [1.807, 2.05) is 0 Å². The molecule has 1 unspecified atom stereocenters. The number of halogens is 2. The molecular formula is C25H30ClFN4O4. The van der Waals surface area contributed by atoms with Gasteiger partial charge >= 0.3 is 0 Å². The Morgan fingerprint density at radius 3 is 2.51 bits per heavy atom. The van der Waals surface area contributed by atoms with Crippen LogP contribution < -0.4 is 20.5 Å². The summed E-state index contributed by atoms with van der Waals surface area (Å²) >= 11 is 5.90.